The van der Waals surface area contributed by atoms with Gasteiger partial charge in [-0.3, -0.25) is 5.10 Å². The largest absolute Gasteiger partial charge is 0.385 e. The number of aromatic nitrogens is 2. The summed E-state index contributed by atoms with van der Waals surface area (Å²) < 4.78 is 4.98. The van der Waals surface area contributed by atoms with E-state index in [0.29, 0.717) is 6.04 Å². The second kappa shape index (κ2) is 6.56. The highest BCUT2D eigenvalue weighted by molar-refractivity contribution is 5.02. The topological polar surface area (TPSA) is 49.9 Å². The molecule has 0 radical (unpaired) electrons. The lowest BCUT2D eigenvalue weighted by Crippen LogP contribution is -2.20. The van der Waals surface area contributed by atoms with Crippen molar-refractivity contribution in [1.82, 2.24) is 15.5 Å². The minimum Gasteiger partial charge on any atom is -0.385 e. The van der Waals surface area contributed by atoms with E-state index in [9.17, 15) is 0 Å². The maximum atomic E-state index is 4.98. The lowest BCUT2D eigenvalue weighted by molar-refractivity contribution is 0.192. The van der Waals surface area contributed by atoms with Crippen molar-refractivity contribution in [2.75, 3.05) is 20.3 Å². The number of nitrogens with one attached hydrogen (secondary N) is 2. The van der Waals surface area contributed by atoms with Crippen LogP contribution in [0.25, 0.3) is 0 Å². The zero-order chi connectivity index (χ0) is 10.2. The number of hydrogen-bond donors (Lipinski definition) is 2. The predicted molar refractivity (Wildman–Crippen MR) is 56.1 cm³/mol. The van der Waals surface area contributed by atoms with Gasteiger partial charge < -0.3 is 10.1 Å². The first-order chi connectivity index (χ1) is 6.84. The zero-order valence-corrected chi connectivity index (χ0v) is 8.92. The van der Waals surface area contributed by atoms with Gasteiger partial charge in [0.25, 0.3) is 0 Å². The van der Waals surface area contributed by atoms with E-state index >= 15 is 0 Å². The number of aromatic amines is 1. The fourth-order valence-corrected chi connectivity index (χ4v) is 1.31. The average Bonchev–Trinajstić information content (AvgIpc) is 2.70. The van der Waals surface area contributed by atoms with Gasteiger partial charge in [-0.25, -0.2) is 0 Å². The lowest BCUT2D eigenvalue weighted by Gasteiger charge is -2.11. The fourth-order valence-electron chi connectivity index (χ4n) is 1.31. The standard InChI is InChI=1S/C10H19N3O/c1-9(10-5-7-12-13-10)11-6-3-4-8-14-2/h5,7,9,11H,3-4,6,8H2,1-2H3,(H,12,13). The van der Waals surface area contributed by atoms with Crippen molar-refractivity contribution in [3.8, 4) is 0 Å². The normalized spacial score (nSPS) is 13.0. The molecule has 0 saturated carbocycles. The molecule has 0 aromatic carbocycles. The Morgan fingerprint density at radius 1 is 1.57 bits per heavy atom. The minimum atomic E-state index is 0.347. The summed E-state index contributed by atoms with van der Waals surface area (Å²) in [7, 11) is 1.74. The third-order valence-electron chi connectivity index (χ3n) is 2.21. The maximum absolute atomic E-state index is 4.98. The van der Waals surface area contributed by atoms with Gasteiger partial charge in [0.2, 0.25) is 0 Å². The van der Waals surface area contributed by atoms with Crippen molar-refractivity contribution in [3.63, 3.8) is 0 Å². The first-order valence-electron chi connectivity index (χ1n) is 5.06. The van der Waals surface area contributed by atoms with Crippen LogP contribution in [-0.4, -0.2) is 30.5 Å². The zero-order valence-electron chi connectivity index (χ0n) is 8.92. The van der Waals surface area contributed by atoms with Crippen LogP contribution < -0.4 is 5.32 Å². The highest BCUT2D eigenvalue weighted by Gasteiger charge is 2.04. The molecule has 80 valence electrons. The van der Waals surface area contributed by atoms with Crippen LogP contribution in [0.2, 0.25) is 0 Å². The molecule has 0 fully saturated rings. The van der Waals surface area contributed by atoms with Gasteiger partial charge in [-0.2, -0.15) is 5.10 Å². The average molecular weight is 197 g/mol. The molecule has 2 N–H and O–H groups in total. The van der Waals surface area contributed by atoms with Crippen LogP contribution in [0, 0.1) is 0 Å². The van der Waals surface area contributed by atoms with Gasteiger partial charge in [0.05, 0.1) is 5.69 Å². The number of rotatable bonds is 7. The molecule has 0 spiro atoms. The van der Waals surface area contributed by atoms with Gasteiger partial charge in [-0.1, -0.05) is 0 Å². The van der Waals surface area contributed by atoms with Gasteiger partial charge in [0.1, 0.15) is 0 Å². The maximum Gasteiger partial charge on any atom is 0.0518 e. The Balaban J connectivity index is 2.07. The van der Waals surface area contributed by atoms with Gasteiger partial charge in [-0.15, -0.1) is 0 Å². The summed E-state index contributed by atoms with van der Waals surface area (Å²) in [6.07, 6.45) is 4.03. The molecule has 1 heterocycles. The van der Waals surface area contributed by atoms with Crippen LogP contribution in [0.3, 0.4) is 0 Å². The first kappa shape index (κ1) is 11.2. The van der Waals surface area contributed by atoms with Gasteiger partial charge in [0, 0.05) is 26.0 Å². The third kappa shape index (κ3) is 3.89. The minimum absolute atomic E-state index is 0.347. The Hall–Kier alpha value is -0.870. The van der Waals surface area contributed by atoms with Crippen LogP contribution in [0.1, 0.15) is 31.5 Å². The van der Waals surface area contributed by atoms with Gasteiger partial charge in [-0.05, 0) is 32.4 Å². The number of ether oxygens (including phenoxy) is 1. The molecule has 1 rings (SSSR count). The monoisotopic (exact) mass is 197 g/mol. The Labute approximate surface area is 85.0 Å². The number of H-pyrrole nitrogens is 1. The smallest absolute Gasteiger partial charge is 0.0518 e. The predicted octanol–water partition coefficient (Wildman–Crippen LogP) is 1.49. The molecule has 0 aliphatic carbocycles. The number of hydrogen-bond acceptors (Lipinski definition) is 3. The Bertz CT molecular complexity index is 223. The molecule has 0 bridgehead atoms. The van der Waals surface area contributed by atoms with E-state index in [0.717, 1.165) is 31.7 Å². The van der Waals surface area contributed by atoms with Crippen molar-refractivity contribution >= 4 is 0 Å². The molecule has 0 amide bonds. The highest BCUT2D eigenvalue weighted by atomic mass is 16.5. The van der Waals surface area contributed by atoms with E-state index in [1.165, 1.54) is 0 Å². The van der Waals surface area contributed by atoms with E-state index in [4.69, 9.17) is 4.74 Å². The van der Waals surface area contributed by atoms with Crippen molar-refractivity contribution in [1.29, 1.82) is 0 Å². The molecule has 1 unspecified atom stereocenters. The van der Waals surface area contributed by atoms with Gasteiger partial charge in [0.15, 0.2) is 0 Å². The molecule has 0 aliphatic heterocycles. The van der Waals surface area contributed by atoms with E-state index in [1.54, 1.807) is 13.3 Å². The molecule has 4 heteroatoms. The molecule has 14 heavy (non-hydrogen) atoms. The molecule has 4 nitrogen and oxygen atoms in total. The lowest BCUT2D eigenvalue weighted by atomic mass is 10.2. The van der Waals surface area contributed by atoms with Crippen molar-refractivity contribution in [2.24, 2.45) is 0 Å². The summed E-state index contributed by atoms with van der Waals surface area (Å²) >= 11 is 0. The molecular formula is C10H19N3O. The van der Waals surface area contributed by atoms with Crippen LogP contribution in [0.5, 0.6) is 0 Å². The quantitative estimate of drug-likeness (QED) is 0.651. The Morgan fingerprint density at radius 2 is 2.43 bits per heavy atom. The summed E-state index contributed by atoms with van der Waals surface area (Å²) in [6.45, 7) is 3.99. The molecular weight excluding hydrogens is 178 g/mol. The van der Waals surface area contributed by atoms with E-state index < -0.39 is 0 Å². The first-order valence-corrected chi connectivity index (χ1v) is 5.06. The molecule has 1 atom stereocenters. The van der Waals surface area contributed by atoms with Crippen molar-refractivity contribution in [3.05, 3.63) is 18.0 Å². The molecule has 0 aliphatic rings. The van der Waals surface area contributed by atoms with Gasteiger partial charge >= 0.3 is 0 Å². The summed E-state index contributed by atoms with van der Waals surface area (Å²) in [5, 5.41) is 10.3. The van der Waals surface area contributed by atoms with Crippen molar-refractivity contribution < 1.29 is 4.74 Å². The third-order valence-corrected chi connectivity index (χ3v) is 2.21. The van der Waals surface area contributed by atoms with E-state index in [1.807, 2.05) is 6.07 Å². The summed E-state index contributed by atoms with van der Waals surface area (Å²) in [4.78, 5) is 0. The van der Waals surface area contributed by atoms with Crippen LogP contribution >= 0.6 is 0 Å². The van der Waals surface area contributed by atoms with Crippen LogP contribution in [0.4, 0.5) is 0 Å². The van der Waals surface area contributed by atoms with E-state index in [-0.39, 0.29) is 0 Å². The van der Waals surface area contributed by atoms with Crippen LogP contribution in [0.15, 0.2) is 12.3 Å². The fraction of sp³-hybridized carbons (Fsp3) is 0.700. The second-order valence-corrected chi connectivity index (χ2v) is 3.39. The number of methoxy groups -OCH3 is 1. The second-order valence-electron chi connectivity index (χ2n) is 3.39. The number of nitrogens with zero attached hydrogens (tertiary/aromatic N) is 1. The summed E-state index contributed by atoms with van der Waals surface area (Å²) in [6, 6.07) is 2.34. The molecule has 1 aromatic rings. The Morgan fingerprint density at radius 3 is 3.07 bits per heavy atom. The van der Waals surface area contributed by atoms with E-state index in [2.05, 4.69) is 22.4 Å². The Kier molecular flexibility index (Phi) is 5.25. The summed E-state index contributed by atoms with van der Waals surface area (Å²) in [5.74, 6) is 0. The molecule has 1 aromatic heterocycles. The SMILES string of the molecule is COCCCCNC(C)c1ccn[nH]1. The number of unbranched alkanes of at least 4 members (excludes halogenated alkanes) is 1. The molecule has 0 saturated heterocycles. The highest BCUT2D eigenvalue weighted by Crippen LogP contribution is 2.06. The summed E-state index contributed by atoms with van der Waals surface area (Å²) in [5.41, 5.74) is 1.14. The van der Waals surface area contributed by atoms with Crippen molar-refractivity contribution in [2.45, 2.75) is 25.8 Å². The van der Waals surface area contributed by atoms with Crippen LogP contribution in [-0.2, 0) is 4.74 Å².